The van der Waals surface area contributed by atoms with E-state index in [0.29, 0.717) is 21.7 Å². The number of hydrogen-bond acceptors (Lipinski definition) is 8. The zero-order chi connectivity index (χ0) is 19.2. The van der Waals surface area contributed by atoms with Crippen molar-refractivity contribution in [1.82, 2.24) is 10.2 Å². The molecule has 0 aliphatic rings. The van der Waals surface area contributed by atoms with E-state index in [1.165, 1.54) is 35.2 Å². The summed E-state index contributed by atoms with van der Waals surface area (Å²) in [6.07, 6.45) is 1.68. The number of amides is 1. The quantitative estimate of drug-likeness (QED) is 0.475. The Labute approximate surface area is 156 Å². The van der Waals surface area contributed by atoms with Crippen molar-refractivity contribution in [2.75, 3.05) is 22.9 Å². The van der Waals surface area contributed by atoms with E-state index in [0.717, 1.165) is 12.1 Å². The van der Waals surface area contributed by atoms with Crippen LogP contribution in [0.4, 0.5) is 19.6 Å². The number of carbonyl (C=O) groups excluding carboxylic acids is 1. The lowest BCUT2D eigenvalue weighted by Gasteiger charge is -2.06. The first-order valence-electron chi connectivity index (χ1n) is 7.06. The van der Waals surface area contributed by atoms with Crippen LogP contribution in [-0.4, -0.2) is 42.6 Å². The molecular weight excluding hydrogens is 406 g/mol. The number of hydrogen-bond donors (Lipinski definition) is 2. The van der Waals surface area contributed by atoms with Crippen LogP contribution in [0.1, 0.15) is 0 Å². The number of aromatic nitrogens is 2. The molecule has 0 fully saturated rings. The minimum Gasteiger partial charge on any atom is -0.357 e. The summed E-state index contributed by atoms with van der Waals surface area (Å²) in [4.78, 5) is 11.4. The van der Waals surface area contributed by atoms with Gasteiger partial charge < -0.3 is 10.6 Å². The zero-order valence-electron chi connectivity index (χ0n) is 13.2. The van der Waals surface area contributed by atoms with Gasteiger partial charge in [0.2, 0.25) is 20.9 Å². The number of nitrogens with zero attached hydrogens (tertiary/aromatic N) is 2. The monoisotopic (exact) mass is 420 g/mol. The second kappa shape index (κ2) is 9.05. The largest absolute Gasteiger partial charge is 0.357 e. The highest BCUT2D eigenvalue weighted by Gasteiger charge is 2.26. The van der Waals surface area contributed by atoms with Gasteiger partial charge >= 0.3 is 5.76 Å². The maximum Gasteiger partial charge on any atom is 0.341 e. The Morgan fingerprint density at radius 1 is 1.31 bits per heavy atom. The molecule has 1 amide bonds. The molecule has 2 rings (SSSR count). The van der Waals surface area contributed by atoms with Crippen LogP contribution in [0, 0.1) is 0 Å². The number of carbonyl (C=O) groups is 1. The van der Waals surface area contributed by atoms with Crippen molar-refractivity contribution in [3.05, 3.63) is 36.9 Å². The maximum atomic E-state index is 12.5. The second-order valence-corrected chi connectivity index (χ2v) is 8.83. The van der Waals surface area contributed by atoms with Crippen LogP contribution in [0.2, 0.25) is 0 Å². The fraction of sp³-hybridized carbons (Fsp3) is 0.214. The number of sulfone groups is 1. The number of thioether (sulfide) groups is 1. The van der Waals surface area contributed by atoms with Crippen molar-refractivity contribution < 1.29 is 22.0 Å². The summed E-state index contributed by atoms with van der Waals surface area (Å²) in [5.74, 6) is -3.78. The molecule has 0 spiro atoms. The standard InChI is InChI=1S/C14H14F2N4O3S3/c1-2-7-17-13-19-20-14(25-13)24-8-11(21)18-9-3-5-10(6-4-9)26(22,23)12(15)16/h2-6,12H,1,7-8H2,(H,17,19)(H,18,21). The van der Waals surface area contributed by atoms with Crippen molar-refractivity contribution in [2.45, 2.75) is 15.0 Å². The molecular formula is C14H14F2N4O3S3. The molecule has 1 heterocycles. The van der Waals surface area contributed by atoms with Gasteiger partial charge in [0.25, 0.3) is 0 Å². The first-order valence-corrected chi connectivity index (χ1v) is 10.4. The molecule has 1 aromatic carbocycles. The number of nitrogens with one attached hydrogen (secondary N) is 2. The molecule has 0 aliphatic carbocycles. The first-order chi connectivity index (χ1) is 12.3. The van der Waals surface area contributed by atoms with Crippen LogP contribution in [0.3, 0.4) is 0 Å². The fourth-order valence-corrected chi connectivity index (χ4v) is 3.93. The summed E-state index contributed by atoms with van der Waals surface area (Å²) >= 11 is 2.48. The highest BCUT2D eigenvalue weighted by molar-refractivity contribution is 8.01. The van der Waals surface area contributed by atoms with E-state index in [1.54, 1.807) is 6.08 Å². The smallest absolute Gasteiger partial charge is 0.341 e. The minimum atomic E-state index is -4.65. The Bertz CT molecular complexity index is 870. The van der Waals surface area contributed by atoms with Gasteiger partial charge in [-0.05, 0) is 24.3 Å². The first kappa shape index (κ1) is 20.3. The van der Waals surface area contributed by atoms with Gasteiger partial charge in [0.15, 0.2) is 4.34 Å². The SMILES string of the molecule is C=CCNc1nnc(SCC(=O)Nc2ccc(S(=O)(=O)C(F)F)cc2)s1. The number of benzene rings is 1. The summed E-state index contributed by atoms with van der Waals surface area (Å²) in [7, 11) is -4.65. The van der Waals surface area contributed by atoms with E-state index >= 15 is 0 Å². The lowest BCUT2D eigenvalue weighted by Crippen LogP contribution is -2.14. The molecule has 140 valence electrons. The Morgan fingerprint density at radius 3 is 2.62 bits per heavy atom. The van der Waals surface area contributed by atoms with Gasteiger partial charge in [0, 0.05) is 12.2 Å². The molecule has 2 aromatic rings. The summed E-state index contributed by atoms with van der Waals surface area (Å²) in [5.41, 5.74) is 0.300. The van der Waals surface area contributed by atoms with Crippen molar-refractivity contribution in [2.24, 2.45) is 0 Å². The fourth-order valence-electron chi connectivity index (χ4n) is 1.65. The molecule has 0 saturated heterocycles. The van der Waals surface area contributed by atoms with Crippen LogP contribution in [0.15, 0.2) is 46.2 Å². The topological polar surface area (TPSA) is 101 Å². The molecule has 0 saturated carbocycles. The number of halogens is 2. The van der Waals surface area contributed by atoms with Gasteiger partial charge in [-0.2, -0.15) is 8.78 Å². The predicted molar refractivity (Wildman–Crippen MR) is 97.6 cm³/mol. The summed E-state index contributed by atoms with van der Waals surface area (Å²) < 4.78 is 48.2. The highest BCUT2D eigenvalue weighted by atomic mass is 32.2. The molecule has 0 atom stereocenters. The molecule has 12 heteroatoms. The number of alkyl halides is 2. The molecule has 0 unspecified atom stereocenters. The van der Waals surface area contributed by atoms with Crippen molar-refractivity contribution in [3.8, 4) is 0 Å². The molecule has 26 heavy (non-hydrogen) atoms. The minimum absolute atomic E-state index is 0.0627. The third-order valence-electron chi connectivity index (χ3n) is 2.83. The van der Waals surface area contributed by atoms with Gasteiger partial charge in [-0.3, -0.25) is 4.79 Å². The molecule has 0 aliphatic heterocycles. The van der Waals surface area contributed by atoms with Gasteiger partial charge in [-0.25, -0.2) is 8.42 Å². The molecule has 2 N–H and O–H groups in total. The van der Waals surface area contributed by atoms with Crippen LogP contribution in [-0.2, 0) is 14.6 Å². The van der Waals surface area contributed by atoms with Crippen LogP contribution >= 0.6 is 23.1 Å². The lowest BCUT2D eigenvalue weighted by atomic mass is 10.3. The summed E-state index contributed by atoms with van der Waals surface area (Å²) in [6.45, 7) is 4.13. The van der Waals surface area contributed by atoms with Crippen molar-refractivity contribution in [1.29, 1.82) is 0 Å². The normalized spacial score (nSPS) is 11.3. The third kappa shape index (κ3) is 5.47. The maximum absolute atomic E-state index is 12.5. The summed E-state index contributed by atoms with van der Waals surface area (Å²) in [6, 6.07) is 4.54. The van der Waals surface area contributed by atoms with Gasteiger partial charge in [0.1, 0.15) is 0 Å². The van der Waals surface area contributed by atoms with Gasteiger partial charge in [0.05, 0.1) is 10.6 Å². The molecule has 0 radical (unpaired) electrons. The van der Waals surface area contributed by atoms with E-state index < -0.39 is 20.5 Å². The Balaban J connectivity index is 1.88. The van der Waals surface area contributed by atoms with E-state index in [-0.39, 0.29) is 11.7 Å². The van der Waals surface area contributed by atoms with Crippen molar-refractivity contribution in [3.63, 3.8) is 0 Å². The van der Waals surface area contributed by atoms with Crippen molar-refractivity contribution >= 4 is 49.7 Å². The molecule has 1 aromatic heterocycles. The molecule has 7 nitrogen and oxygen atoms in total. The van der Waals surface area contributed by atoms with Crippen LogP contribution < -0.4 is 10.6 Å². The predicted octanol–water partition coefficient (Wildman–Crippen LogP) is 2.86. The van der Waals surface area contributed by atoms with E-state index in [9.17, 15) is 22.0 Å². The highest BCUT2D eigenvalue weighted by Crippen LogP contribution is 2.25. The average molecular weight is 420 g/mol. The van der Waals surface area contributed by atoms with Crippen LogP contribution in [0.5, 0.6) is 0 Å². The van der Waals surface area contributed by atoms with Gasteiger partial charge in [-0.1, -0.05) is 29.2 Å². The number of rotatable bonds is 9. The van der Waals surface area contributed by atoms with E-state index in [1.807, 2.05) is 0 Å². The Morgan fingerprint density at radius 2 is 2.00 bits per heavy atom. The average Bonchev–Trinajstić information content (AvgIpc) is 3.06. The molecule has 0 bridgehead atoms. The van der Waals surface area contributed by atoms with E-state index in [2.05, 4.69) is 27.4 Å². The van der Waals surface area contributed by atoms with Crippen LogP contribution in [0.25, 0.3) is 0 Å². The zero-order valence-corrected chi connectivity index (χ0v) is 15.6. The second-order valence-electron chi connectivity index (χ2n) is 4.71. The number of anilines is 2. The Kier molecular flexibility index (Phi) is 7.06. The van der Waals surface area contributed by atoms with Gasteiger partial charge in [-0.15, -0.1) is 16.8 Å². The lowest BCUT2D eigenvalue weighted by molar-refractivity contribution is -0.113. The third-order valence-corrected chi connectivity index (χ3v) is 6.24. The van der Waals surface area contributed by atoms with E-state index in [4.69, 9.17) is 0 Å². The summed E-state index contributed by atoms with van der Waals surface area (Å²) in [5, 5.41) is 14.0. The Hall–Kier alpha value is -2.05.